The van der Waals surface area contributed by atoms with E-state index in [0.29, 0.717) is 0 Å². The Bertz CT molecular complexity index is 385. The first-order valence-electron chi connectivity index (χ1n) is 4.81. The summed E-state index contributed by atoms with van der Waals surface area (Å²) in [5.74, 6) is 1.09. The van der Waals surface area contributed by atoms with Gasteiger partial charge in [0.2, 0.25) is 0 Å². The number of ether oxygens (including phenoxy) is 1. The zero-order valence-corrected chi connectivity index (χ0v) is 8.58. The second-order valence-corrected chi connectivity index (χ2v) is 3.52. The highest BCUT2D eigenvalue weighted by molar-refractivity contribution is 5.73. The summed E-state index contributed by atoms with van der Waals surface area (Å²) in [6, 6.07) is 10.4. The summed E-state index contributed by atoms with van der Waals surface area (Å²) in [6.45, 7) is 2.09. The molecule has 0 bridgehead atoms. The third-order valence-electron chi connectivity index (χ3n) is 2.57. The minimum absolute atomic E-state index is 0.923. The van der Waals surface area contributed by atoms with E-state index in [1.807, 2.05) is 6.07 Å². The Morgan fingerprint density at radius 2 is 1.86 bits per heavy atom. The third-order valence-corrected chi connectivity index (χ3v) is 2.57. The molecule has 0 fully saturated rings. The van der Waals surface area contributed by atoms with Crippen molar-refractivity contribution in [2.45, 2.75) is 13.3 Å². The molecule has 0 aliphatic heterocycles. The van der Waals surface area contributed by atoms with E-state index in [1.165, 1.54) is 16.7 Å². The molecule has 1 aliphatic rings. The largest absolute Gasteiger partial charge is 0.500 e. The number of hydrogen-bond acceptors (Lipinski definition) is 1. The Balaban J connectivity index is 2.24. The van der Waals surface area contributed by atoms with Gasteiger partial charge in [-0.25, -0.2) is 0 Å². The lowest BCUT2D eigenvalue weighted by Gasteiger charge is -2.04. The van der Waals surface area contributed by atoms with E-state index < -0.39 is 0 Å². The average molecular weight is 186 g/mol. The van der Waals surface area contributed by atoms with Gasteiger partial charge < -0.3 is 4.74 Å². The molecule has 0 spiro atoms. The van der Waals surface area contributed by atoms with Crippen molar-refractivity contribution in [3.05, 3.63) is 53.3 Å². The maximum Gasteiger partial charge on any atom is 0.103 e. The zero-order valence-electron chi connectivity index (χ0n) is 8.58. The lowest BCUT2D eigenvalue weighted by atomic mass is 10.1. The Labute approximate surface area is 84.7 Å². The van der Waals surface area contributed by atoms with E-state index in [1.54, 1.807) is 7.11 Å². The van der Waals surface area contributed by atoms with Crippen LogP contribution in [0.3, 0.4) is 0 Å². The second-order valence-electron chi connectivity index (χ2n) is 3.52. The van der Waals surface area contributed by atoms with Crippen molar-refractivity contribution in [3.8, 4) is 0 Å². The molecule has 1 nitrogen and oxygen atoms in total. The van der Waals surface area contributed by atoms with E-state index in [9.17, 15) is 0 Å². The van der Waals surface area contributed by atoms with Crippen molar-refractivity contribution in [1.29, 1.82) is 0 Å². The summed E-state index contributed by atoms with van der Waals surface area (Å²) in [5, 5.41) is 0. The molecule has 1 aromatic rings. The monoisotopic (exact) mass is 186 g/mol. The van der Waals surface area contributed by atoms with Gasteiger partial charge in [0.15, 0.2) is 0 Å². The highest BCUT2D eigenvalue weighted by Crippen LogP contribution is 2.32. The van der Waals surface area contributed by atoms with Crippen LogP contribution in [0.4, 0.5) is 0 Å². The fraction of sp³-hybridized carbons (Fsp3) is 0.231. The van der Waals surface area contributed by atoms with Crippen molar-refractivity contribution < 1.29 is 4.74 Å². The summed E-state index contributed by atoms with van der Waals surface area (Å²) in [4.78, 5) is 0. The highest BCUT2D eigenvalue weighted by atomic mass is 16.5. The minimum Gasteiger partial charge on any atom is -0.500 e. The van der Waals surface area contributed by atoms with Crippen LogP contribution < -0.4 is 0 Å². The van der Waals surface area contributed by atoms with Crippen molar-refractivity contribution in [3.63, 3.8) is 0 Å². The van der Waals surface area contributed by atoms with Gasteiger partial charge in [-0.05, 0) is 23.6 Å². The summed E-state index contributed by atoms with van der Waals surface area (Å²) in [7, 11) is 1.74. The van der Waals surface area contributed by atoms with Crippen LogP contribution >= 0.6 is 0 Å². The first kappa shape index (κ1) is 9.07. The van der Waals surface area contributed by atoms with Crippen molar-refractivity contribution >= 4 is 5.57 Å². The second kappa shape index (κ2) is 3.70. The summed E-state index contributed by atoms with van der Waals surface area (Å²) in [6.07, 6.45) is 3.13. The molecule has 0 saturated carbocycles. The molecule has 0 heterocycles. The summed E-state index contributed by atoms with van der Waals surface area (Å²) >= 11 is 0. The first-order chi connectivity index (χ1) is 6.81. The lowest BCUT2D eigenvalue weighted by Crippen LogP contribution is -1.86. The molecule has 0 unspecified atom stereocenters. The maximum atomic E-state index is 5.30. The number of methoxy groups -OCH3 is 1. The molecule has 1 aromatic carbocycles. The van der Waals surface area contributed by atoms with Crippen LogP contribution in [0.1, 0.15) is 18.9 Å². The molecule has 0 aromatic heterocycles. The van der Waals surface area contributed by atoms with Gasteiger partial charge in [0, 0.05) is 6.42 Å². The van der Waals surface area contributed by atoms with Gasteiger partial charge in [-0.3, -0.25) is 0 Å². The van der Waals surface area contributed by atoms with E-state index in [4.69, 9.17) is 4.74 Å². The van der Waals surface area contributed by atoms with Crippen LogP contribution in [0.5, 0.6) is 0 Å². The number of allylic oxidation sites excluding steroid dienone is 3. The van der Waals surface area contributed by atoms with Crippen LogP contribution in [0.15, 0.2) is 47.7 Å². The molecule has 0 N–H and O–H groups in total. The van der Waals surface area contributed by atoms with Gasteiger partial charge in [0.05, 0.1) is 7.11 Å². The van der Waals surface area contributed by atoms with Gasteiger partial charge in [0.1, 0.15) is 5.76 Å². The fourth-order valence-corrected chi connectivity index (χ4v) is 1.78. The third kappa shape index (κ3) is 1.58. The molecule has 1 heteroatoms. The Morgan fingerprint density at radius 1 is 1.14 bits per heavy atom. The van der Waals surface area contributed by atoms with E-state index in [-0.39, 0.29) is 0 Å². The SMILES string of the molecule is COC1=C(C)C=C(c2ccccc2)C1. The molecule has 2 rings (SSSR count). The lowest BCUT2D eigenvalue weighted by molar-refractivity contribution is 0.285. The molecule has 0 saturated heterocycles. The van der Waals surface area contributed by atoms with Crippen LogP contribution in [-0.2, 0) is 4.74 Å². The highest BCUT2D eigenvalue weighted by Gasteiger charge is 2.14. The van der Waals surface area contributed by atoms with Crippen molar-refractivity contribution in [1.82, 2.24) is 0 Å². The molecule has 0 atom stereocenters. The van der Waals surface area contributed by atoms with E-state index >= 15 is 0 Å². The summed E-state index contributed by atoms with van der Waals surface area (Å²) < 4.78 is 5.30. The Morgan fingerprint density at radius 3 is 2.43 bits per heavy atom. The summed E-state index contributed by atoms with van der Waals surface area (Å²) in [5.41, 5.74) is 3.88. The van der Waals surface area contributed by atoms with Crippen molar-refractivity contribution in [2.75, 3.05) is 7.11 Å². The smallest absolute Gasteiger partial charge is 0.103 e. The van der Waals surface area contributed by atoms with E-state index in [0.717, 1.165) is 12.2 Å². The predicted molar refractivity (Wildman–Crippen MR) is 58.7 cm³/mol. The minimum atomic E-state index is 0.923. The van der Waals surface area contributed by atoms with Crippen LogP contribution in [0.25, 0.3) is 5.57 Å². The quantitative estimate of drug-likeness (QED) is 0.687. The molecule has 0 amide bonds. The normalized spacial score (nSPS) is 15.7. The zero-order chi connectivity index (χ0) is 9.97. The van der Waals surface area contributed by atoms with Gasteiger partial charge in [0.25, 0.3) is 0 Å². The van der Waals surface area contributed by atoms with Crippen LogP contribution in [0.2, 0.25) is 0 Å². The topological polar surface area (TPSA) is 9.23 Å². The van der Waals surface area contributed by atoms with Gasteiger partial charge in [-0.2, -0.15) is 0 Å². The predicted octanol–water partition coefficient (Wildman–Crippen LogP) is 3.39. The number of benzene rings is 1. The molecule has 14 heavy (non-hydrogen) atoms. The Hall–Kier alpha value is -1.50. The average Bonchev–Trinajstić information content (AvgIpc) is 2.61. The van der Waals surface area contributed by atoms with Crippen molar-refractivity contribution in [2.24, 2.45) is 0 Å². The Kier molecular flexibility index (Phi) is 2.40. The maximum absolute atomic E-state index is 5.30. The molecular formula is C13H14O. The molecule has 0 radical (unpaired) electrons. The molecule has 72 valence electrons. The van der Waals surface area contributed by atoms with Crippen LogP contribution in [0, 0.1) is 0 Å². The fourth-order valence-electron chi connectivity index (χ4n) is 1.78. The number of rotatable bonds is 2. The van der Waals surface area contributed by atoms with E-state index in [2.05, 4.69) is 37.3 Å². The van der Waals surface area contributed by atoms with Gasteiger partial charge >= 0.3 is 0 Å². The first-order valence-corrected chi connectivity index (χ1v) is 4.81. The standard InChI is InChI=1S/C13H14O/c1-10-8-12(9-13(10)14-2)11-6-4-3-5-7-11/h3-8H,9H2,1-2H3. The van der Waals surface area contributed by atoms with Crippen LogP contribution in [-0.4, -0.2) is 7.11 Å². The van der Waals surface area contributed by atoms with Gasteiger partial charge in [-0.15, -0.1) is 0 Å². The van der Waals surface area contributed by atoms with Gasteiger partial charge in [-0.1, -0.05) is 36.4 Å². The number of hydrogen-bond donors (Lipinski definition) is 0. The molecule has 1 aliphatic carbocycles. The molecular weight excluding hydrogens is 172 g/mol.